The molecule has 1 aliphatic heterocycles. The number of amides is 1. The van der Waals surface area contributed by atoms with Gasteiger partial charge in [0.15, 0.2) is 11.5 Å². The second-order valence-electron chi connectivity index (χ2n) is 8.72. The Morgan fingerprint density at radius 3 is 2.34 bits per heavy atom. The molecule has 1 aliphatic carbocycles. The zero-order valence-corrected chi connectivity index (χ0v) is 19.4. The maximum atomic E-state index is 12.8. The van der Waals surface area contributed by atoms with Gasteiger partial charge in [0.2, 0.25) is 5.91 Å². The Morgan fingerprint density at radius 1 is 1.00 bits per heavy atom. The number of ether oxygens (including phenoxy) is 3. The Morgan fingerprint density at radius 2 is 1.69 bits per heavy atom. The molecule has 4 rings (SSSR count). The first-order valence-electron chi connectivity index (χ1n) is 11.5. The molecule has 1 heterocycles. The van der Waals surface area contributed by atoms with Crippen LogP contribution < -0.4 is 19.5 Å². The molecular formula is C26H34N2O4. The van der Waals surface area contributed by atoms with E-state index < -0.39 is 0 Å². The third-order valence-corrected chi connectivity index (χ3v) is 6.85. The number of carbonyl (C=O) groups excluding carboxylic acids is 1. The maximum absolute atomic E-state index is 12.8. The number of hydrogen-bond donors (Lipinski definition) is 1. The van der Waals surface area contributed by atoms with Crippen LogP contribution in [-0.4, -0.2) is 45.2 Å². The van der Waals surface area contributed by atoms with E-state index in [2.05, 4.69) is 34.5 Å². The summed E-state index contributed by atoms with van der Waals surface area (Å²) in [5, 5.41) is 3.26. The van der Waals surface area contributed by atoms with Crippen molar-refractivity contribution in [2.75, 3.05) is 34.4 Å². The molecular weight excluding hydrogens is 404 g/mol. The highest BCUT2D eigenvalue weighted by Crippen LogP contribution is 2.38. The van der Waals surface area contributed by atoms with Crippen molar-refractivity contribution in [2.24, 2.45) is 5.92 Å². The van der Waals surface area contributed by atoms with Gasteiger partial charge in [-0.25, -0.2) is 0 Å². The van der Waals surface area contributed by atoms with Gasteiger partial charge in [-0.3, -0.25) is 9.69 Å². The van der Waals surface area contributed by atoms with E-state index in [1.54, 1.807) is 21.3 Å². The summed E-state index contributed by atoms with van der Waals surface area (Å²) in [5.74, 6) is 2.70. The fourth-order valence-electron chi connectivity index (χ4n) is 5.00. The number of fused-ring (bicyclic) bond motifs is 1. The fourth-order valence-corrected chi connectivity index (χ4v) is 5.00. The predicted octanol–water partition coefficient (Wildman–Crippen LogP) is 4.12. The highest BCUT2D eigenvalue weighted by Gasteiger charge is 2.31. The summed E-state index contributed by atoms with van der Waals surface area (Å²) in [4.78, 5) is 15.2. The van der Waals surface area contributed by atoms with Crippen molar-refractivity contribution in [1.82, 2.24) is 10.2 Å². The molecule has 6 nitrogen and oxygen atoms in total. The third-order valence-electron chi connectivity index (χ3n) is 6.85. The molecule has 2 aromatic rings. The summed E-state index contributed by atoms with van der Waals surface area (Å²) in [7, 11) is 5.02. The smallest absolute Gasteiger partial charge is 0.223 e. The topological polar surface area (TPSA) is 60.0 Å². The van der Waals surface area contributed by atoms with Gasteiger partial charge in [0.1, 0.15) is 5.75 Å². The number of methoxy groups -OCH3 is 3. The molecule has 0 radical (unpaired) electrons. The normalized spacial score (nSPS) is 18.8. The van der Waals surface area contributed by atoms with Crippen molar-refractivity contribution in [3.63, 3.8) is 0 Å². The van der Waals surface area contributed by atoms with Gasteiger partial charge in [-0.2, -0.15) is 0 Å². The Hall–Kier alpha value is -2.73. The van der Waals surface area contributed by atoms with Crippen molar-refractivity contribution in [3.8, 4) is 17.2 Å². The van der Waals surface area contributed by atoms with Crippen molar-refractivity contribution in [3.05, 3.63) is 53.1 Å². The molecule has 0 spiro atoms. The molecule has 0 aromatic heterocycles. The molecule has 2 aliphatic rings. The van der Waals surface area contributed by atoms with Gasteiger partial charge >= 0.3 is 0 Å². The van der Waals surface area contributed by atoms with Crippen LogP contribution in [0.25, 0.3) is 0 Å². The third kappa shape index (κ3) is 4.85. The maximum Gasteiger partial charge on any atom is 0.223 e. The fraction of sp³-hybridized carbons (Fsp3) is 0.500. The Kier molecular flexibility index (Phi) is 7.20. The predicted molar refractivity (Wildman–Crippen MR) is 124 cm³/mol. The minimum atomic E-state index is 0.0750. The van der Waals surface area contributed by atoms with Crippen LogP contribution in [0.15, 0.2) is 36.4 Å². The van der Waals surface area contributed by atoms with Crippen molar-refractivity contribution in [1.29, 1.82) is 0 Å². The van der Waals surface area contributed by atoms with Crippen LogP contribution in [0.4, 0.5) is 0 Å². The van der Waals surface area contributed by atoms with Crippen LogP contribution in [0, 0.1) is 5.92 Å². The SMILES string of the molecule is COc1ccc(CN2CCc3cc(OC)c(OC)cc3C2CNC(=O)C2CCCC2)cc1. The van der Waals surface area contributed by atoms with Gasteiger partial charge in [-0.05, 0) is 60.2 Å². The quantitative estimate of drug-likeness (QED) is 0.672. The van der Waals surface area contributed by atoms with Crippen molar-refractivity contribution >= 4 is 5.91 Å². The lowest BCUT2D eigenvalue weighted by Gasteiger charge is -2.38. The van der Waals surface area contributed by atoms with Crippen LogP contribution in [-0.2, 0) is 17.8 Å². The summed E-state index contributed by atoms with van der Waals surface area (Å²) >= 11 is 0. The van der Waals surface area contributed by atoms with E-state index in [1.807, 2.05) is 12.1 Å². The minimum absolute atomic E-state index is 0.0750. The van der Waals surface area contributed by atoms with Crippen LogP contribution in [0.2, 0.25) is 0 Å². The molecule has 172 valence electrons. The minimum Gasteiger partial charge on any atom is -0.497 e. The number of rotatable bonds is 8. The Balaban J connectivity index is 1.58. The molecule has 1 amide bonds. The van der Waals surface area contributed by atoms with E-state index >= 15 is 0 Å². The monoisotopic (exact) mass is 438 g/mol. The number of hydrogen-bond acceptors (Lipinski definition) is 5. The number of nitrogens with one attached hydrogen (secondary N) is 1. The Bertz CT molecular complexity index is 922. The van der Waals surface area contributed by atoms with Gasteiger partial charge in [-0.15, -0.1) is 0 Å². The van der Waals surface area contributed by atoms with E-state index in [0.717, 1.165) is 62.4 Å². The zero-order chi connectivity index (χ0) is 22.5. The van der Waals surface area contributed by atoms with Gasteiger partial charge in [0.05, 0.1) is 27.4 Å². The standard InChI is InChI=1S/C26H34N2O4/c1-30-21-10-8-18(9-11-21)17-28-13-12-20-14-24(31-2)25(32-3)15-22(20)23(28)16-27-26(29)19-6-4-5-7-19/h8-11,14-15,19,23H,4-7,12-13,16-17H2,1-3H3,(H,27,29). The second kappa shape index (κ2) is 10.3. The van der Waals surface area contributed by atoms with E-state index in [1.165, 1.54) is 16.7 Å². The summed E-state index contributed by atoms with van der Waals surface area (Å²) in [6.45, 7) is 2.31. The van der Waals surface area contributed by atoms with Crippen LogP contribution >= 0.6 is 0 Å². The molecule has 0 bridgehead atoms. The van der Waals surface area contributed by atoms with Crippen molar-refractivity contribution < 1.29 is 19.0 Å². The van der Waals surface area contributed by atoms with Crippen LogP contribution in [0.5, 0.6) is 17.2 Å². The van der Waals surface area contributed by atoms with E-state index in [9.17, 15) is 4.79 Å². The summed E-state index contributed by atoms with van der Waals surface area (Å²) < 4.78 is 16.4. The average Bonchev–Trinajstić information content (AvgIpc) is 3.38. The molecule has 32 heavy (non-hydrogen) atoms. The molecule has 1 unspecified atom stereocenters. The van der Waals surface area contributed by atoms with Crippen molar-refractivity contribution in [2.45, 2.75) is 44.7 Å². The number of carbonyl (C=O) groups is 1. The zero-order valence-electron chi connectivity index (χ0n) is 19.4. The second-order valence-corrected chi connectivity index (χ2v) is 8.72. The van der Waals surface area contributed by atoms with E-state index in [-0.39, 0.29) is 17.9 Å². The first-order valence-corrected chi connectivity index (χ1v) is 11.5. The summed E-state index contributed by atoms with van der Waals surface area (Å²) in [5.41, 5.74) is 3.68. The number of nitrogens with zero attached hydrogens (tertiary/aromatic N) is 1. The molecule has 6 heteroatoms. The molecule has 1 N–H and O–H groups in total. The average molecular weight is 439 g/mol. The Labute approximate surface area is 190 Å². The van der Waals surface area contributed by atoms with Crippen LogP contribution in [0.3, 0.4) is 0 Å². The van der Waals surface area contributed by atoms with Gasteiger partial charge in [-0.1, -0.05) is 25.0 Å². The highest BCUT2D eigenvalue weighted by molar-refractivity contribution is 5.78. The largest absolute Gasteiger partial charge is 0.497 e. The lowest BCUT2D eigenvalue weighted by atomic mass is 9.91. The van der Waals surface area contributed by atoms with E-state index in [4.69, 9.17) is 14.2 Å². The van der Waals surface area contributed by atoms with Gasteiger partial charge in [0, 0.05) is 25.6 Å². The molecule has 1 saturated carbocycles. The summed E-state index contributed by atoms with van der Waals surface area (Å²) in [6.07, 6.45) is 5.26. The molecule has 2 aromatic carbocycles. The lowest BCUT2D eigenvalue weighted by molar-refractivity contribution is -0.125. The lowest BCUT2D eigenvalue weighted by Crippen LogP contribution is -2.43. The van der Waals surface area contributed by atoms with Gasteiger partial charge < -0.3 is 19.5 Å². The number of benzene rings is 2. The molecule has 1 fully saturated rings. The van der Waals surface area contributed by atoms with E-state index in [0.29, 0.717) is 6.54 Å². The van der Waals surface area contributed by atoms with Crippen LogP contribution in [0.1, 0.15) is 48.4 Å². The first-order chi connectivity index (χ1) is 15.6. The molecule has 0 saturated heterocycles. The highest BCUT2D eigenvalue weighted by atomic mass is 16.5. The van der Waals surface area contributed by atoms with Gasteiger partial charge in [0.25, 0.3) is 0 Å². The summed E-state index contributed by atoms with van der Waals surface area (Å²) in [6, 6.07) is 12.5. The molecule has 1 atom stereocenters. The first kappa shape index (κ1) is 22.5.